The Morgan fingerprint density at radius 2 is 1.94 bits per heavy atom. The third kappa shape index (κ3) is 1.09. The molecule has 2 aliphatic rings. The Bertz CT molecular complexity index is 705. The highest BCUT2D eigenvalue weighted by atomic mass is 16.3. The van der Waals surface area contributed by atoms with Crippen LogP contribution in [0.5, 0.6) is 5.75 Å². The van der Waals surface area contributed by atoms with Crippen LogP contribution in [0.4, 0.5) is 0 Å². The first-order valence-corrected chi connectivity index (χ1v) is 5.98. The summed E-state index contributed by atoms with van der Waals surface area (Å²) in [5.74, 6) is 0.391. The minimum atomic E-state index is 0.391. The van der Waals surface area contributed by atoms with Gasteiger partial charge in [-0.25, -0.2) is 0 Å². The zero-order valence-corrected chi connectivity index (χ0v) is 9.40. The van der Waals surface area contributed by atoms with Crippen LogP contribution in [0, 0.1) is 0 Å². The van der Waals surface area contributed by atoms with Crippen molar-refractivity contribution in [3.05, 3.63) is 53.1 Å². The lowest BCUT2D eigenvalue weighted by atomic mass is 9.81. The van der Waals surface area contributed by atoms with Crippen molar-refractivity contribution in [2.75, 3.05) is 0 Å². The number of benzene rings is 2. The van der Waals surface area contributed by atoms with Gasteiger partial charge in [0.15, 0.2) is 0 Å². The maximum atomic E-state index is 9.97. The number of rotatable bonds is 0. The van der Waals surface area contributed by atoms with Crippen molar-refractivity contribution in [1.29, 1.82) is 0 Å². The normalized spacial score (nSPS) is 16.1. The first kappa shape index (κ1) is 9.06. The molecule has 0 fully saturated rings. The van der Waals surface area contributed by atoms with Gasteiger partial charge in [-0.2, -0.15) is 0 Å². The summed E-state index contributed by atoms with van der Waals surface area (Å²) < 4.78 is 0. The molecule has 17 heavy (non-hydrogen) atoms. The molecule has 1 heteroatoms. The number of phenolic OH excluding ortho intramolecular Hbond substituents is 1. The van der Waals surface area contributed by atoms with E-state index in [0.29, 0.717) is 5.75 Å². The molecule has 0 saturated heterocycles. The van der Waals surface area contributed by atoms with E-state index in [4.69, 9.17) is 0 Å². The molecule has 0 bridgehead atoms. The maximum Gasteiger partial charge on any atom is 0.123 e. The van der Waals surface area contributed by atoms with Gasteiger partial charge in [0.1, 0.15) is 5.75 Å². The molecular weight excluding hydrogens is 208 g/mol. The van der Waals surface area contributed by atoms with Crippen LogP contribution in [-0.2, 0) is 6.42 Å². The monoisotopic (exact) mass is 220 g/mol. The molecule has 2 aromatic carbocycles. The fraction of sp³-hybridized carbons (Fsp3) is 0.125. The van der Waals surface area contributed by atoms with E-state index < -0.39 is 0 Å². The molecule has 0 atom stereocenters. The first-order chi connectivity index (χ1) is 8.34. The summed E-state index contributed by atoms with van der Waals surface area (Å²) in [6.45, 7) is 0. The smallest absolute Gasteiger partial charge is 0.123 e. The predicted octanol–water partition coefficient (Wildman–Crippen LogP) is 3.90. The van der Waals surface area contributed by atoms with Gasteiger partial charge in [0.05, 0.1) is 0 Å². The van der Waals surface area contributed by atoms with Gasteiger partial charge in [0, 0.05) is 5.39 Å². The number of hydrogen-bond acceptors (Lipinski definition) is 1. The Labute approximate surface area is 99.7 Å². The third-order valence-corrected chi connectivity index (χ3v) is 3.80. The van der Waals surface area contributed by atoms with Gasteiger partial charge >= 0.3 is 0 Å². The molecule has 0 spiro atoms. The van der Waals surface area contributed by atoms with E-state index in [1.165, 1.54) is 27.6 Å². The Hall–Kier alpha value is -2.02. The molecule has 2 aliphatic carbocycles. The number of aromatic hydroxyl groups is 1. The predicted molar refractivity (Wildman–Crippen MR) is 70.9 cm³/mol. The molecule has 1 nitrogen and oxygen atoms in total. The largest absolute Gasteiger partial charge is 0.507 e. The minimum absolute atomic E-state index is 0.391. The third-order valence-electron chi connectivity index (χ3n) is 3.80. The molecule has 0 saturated carbocycles. The summed E-state index contributed by atoms with van der Waals surface area (Å²) in [6, 6.07) is 7.99. The summed E-state index contributed by atoms with van der Waals surface area (Å²) >= 11 is 0. The van der Waals surface area contributed by atoms with Crippen LogP contribution < -0.4 is 0 Å². The lowest BCUT2D eigenvalue weighted by Gasteiger charge is -2.23. The van der Waals surface area contributed by atoms with Crippen LogP contribution in [0.15, 0.2) is 36.4 Å². The highest BCUT2D eigenvalue weighted by Gasteiger charge is 2.20. The lowest BCUT2D eigenvalue weighted by Crippen LogP contribution is -2.02. The Morgan fingerprint density at radius 1 is 1.00 bits per heavy atom. The second-order valence-electron chi connectivity index (χ2n) is 4.74. The number of hydrogen-bond donors (Lipinski definition) is 1. The molecule has 0 unspecified atom stereocenters. The maximum absolute atomic E-state index is 9.97. The van der Waals surface area contributed by atoms with Crippen LogP contribution in [0.3, 0.4) is 0 Å². The molecule has 1 N–H and O–H groups in total. The van der Waals surface area contributed by atoms with Crippen molar-refractivity contribution in [2.45, 2.75) is 12.8 Å². The van der Waals surface area contributed by atoms with Gasteiger partial charge in [-0.3, -0.25) is 0 Å². The molecule has 0 aromatic heterocycles. The second kappa shape index (κ2) is 3.01. The van der Waals surface area contributed by atoms with Crippen molar-refractivity contribution in [1.82, 2.24) is 0 Å². The van der Waals surface area contributed by atoms with Crippen molar-refractivity contribution in [3.63, 3.8) is 0 Å². The quantitative estimate of drug-likeness (QED) is 0.713. The van der Waals surface area contributed by atoms with Gasteiger partial charge in [0.25, 0.3) is 0 Å². The topological polar surface area (TPSA) is 20.2 Å². The lowest BCUT2D eigenvalue weighted by molar-refractivity contribution is 0.481. The zero-order chi connectivity index (χ0) is 11.4. The average molecular weight is 220 g/mol. The van der Waals surface area contributed by atoms with Crippen molar-refractivity contribution >= 4 is 22.4 Å². The van der Waals surface area contributed by atoms with E-state index >= 15 is 0 Å². The van der Waals surface area contributed by atoms with Crippen LogP contribution in [-0.4, -0.2) is 5.11 Å². The highest BCUT2D eigenvalue weighted by molar-refractivity contribution is 6.04. The van der Waals surface area contributed by atoms with Crippen molar-refractivity contribution in [2.24, 2.45) is 0 Å². The Morgan fingerprint density at radius 3 is 2.88 bits per heavy atom. The Balaban J connectivity index is 2.27. The average Bonchev–Trinajstić information content (AvgIpc) is 2.38. The molecular formula is C16H12O. The van der Waals surface area contributed by atoms with Gasteiger partial charge in [-0.05, 0) is 46.6 Å². The summed E-state index contributed by atoms with van der Waals surface area (Å²) in [5.41, 5.74) is 5.35. The molecule has 0 amide bonds. The van der Waals surface area contributed by atoms with E-state index in [0.717, 1.165) is 18.2 Å². The number of phenols is 1. The SMILES string of the molecule is Oc1ccc2c3c4c(ccc13)C=CCC4=CC2. The van der Waals surface area contributed by atoms with Gasteiger partial charge in [-0.15, -0.1) is 0 Å². The summed E-state index contributed by atoms with van der Waals surface area (Å²) in [5, 5.41) is 12.2. The van der Waals surface area contributed by atoms with Gasteiger partial charge < -0.3 is 5.11 Å². The van der Waals surface area contributed by atoms with E-state index in [9.17, 15) is 5.11 Å². The molecule has 0 aliphatic heterocycles. The van der Waals surface area contributed by atoms with E-state index in [-0.39, 0.29) is 0 Å². The summed E-state index contributed by atoms with van der Waals surface area (Å²) in [7, 11) is 0. The van der Waals surface area contributed by atoms with Gasteiger partial charge in [-0.1, -0.05) is 36.4 Å². The fourth-order valence-electron chi connectivity index (χ4n) is 3.01. The standard InChI is InChI=1S/C16H12O/c17-14-9-7-12-5-4-10-2-1-3-11-6-8-13(14)16(12)15(10)11/h1,3-4,6-9,17H,2,5H2. The second-order valence-corrected chi connectivity index (χ2v) is 4.74. The van der Waals surface area contributed by atoms with E-state index in [2.05, 4.69) is 24.3 Å². The fourth-order valence-corrected chi connectivity index (χ4v) is 3.01. The van der Waals surface area contributed by atoms with E-state index in [1.807, 2.05) is 18.2 Å². The molecule has 0 radical (unpaired) electrons. The first-order valence-electron chi connectivity index (χ1n) is 5.98. The van der Waals surface area contributed by atoms with Crippen LogP contribution in [0.2, 0.25) is 0 Å². The summed E-state index contributed by atoms with van der Waals surface area (Å²) in [4.78, 5) is 0. The molecule has 2 aromatic rings. The van der Waals surface area contributed by atoms with Crippen LogP contribution in [0.25, 0.3) is 22.4 Å². The van der Waals surface area contributed by atoms with Crippen LogP contribution >= 0.6 is 0 Å². The Kier molecular flexibility index (Phi) is 1.60. The molecule has 82 valence electrons. The van der Waals surface area contributed by atoms with Crippen molar-refractivity contribution < 1.29 is 5.11 Å². The zero-order valence-electron chi connectivity index (χ0n) is 9.40. The minimum Gasteiger partial charge on any atom is -0.507 e. The highest BCUT2D eigenvalue weighted by Crippen LogP contribution is 2.42. The molecule has 0 heterocycles. The van der Waals surface area contributed by atoms with E-state index in [1.54, 1.807) is 0 Å². The molecule has 4 rings (SSSR count). The summed E-state index contributed by atoms with van der Waals surface area (Å²) in [6.07, 6.45) is 8.72. The van der Waals surface area contributed by atoms with Crippen molar-refractivity contribution in [3.8, 4) is 5.75 Å². The van der Waals surface area contributed by atoms with Crippen LogP contribution in [0.1, 0.15) is 23.1 Å². The van der Waals surface area contributed by atoms with Gasteiger partial charge in [0.2, 0.25) is 0 Å². The number of allylic oxidation sites excluding steroid dienone is 3.